The van der Waals surface area contributed by atoms with Gasteiger partial charge in [0.25, 0.3) is 0 Å². The number of amides is 1. The minimum atomic E-state index is -1.05. The smallest absolute Gasteiger partial charge is 0.332 e. The summed E-state index contributed by atoms with van der Waals surface area (Å²) < 4.78 is 8.06. The van der Waals surface area contributed by atoms with Crippen molar-refractivity contribution in [3.05, 3.63) is 71.9 Å². The summed E-state index contributed by atoms with van der Waals surface area (Å²) in [7, 11) is 0. The second-order valence-electron chi connectivity index (χ2n) is 9.74. The molecule has 1 amide bonds. The average molecular weight is 473 g/mol. The molecule has 2 atom stereocenters. The molecular weight excluding hydrogens is 440 g/mol. The van der Waals surface area contributed by atoms with Crippen LogP contribution in [0.1, 0.15) is 37.7 Å². The second-order valence-corrected chi connectivity index (χ2v) is 9.74. The lowest BCUT2D eigenvalue weighted by Crippen LogP contribution is -2.29. The molecule has 1 saturated heterocycles. The lowest BCUT2D eigenvalue weighted by atomic mass is 9.82. The van der Waals surface area contributed by atoms with Gasteiger partial charge < -0.3 is 19.3 Å². The van der Waals surface area contributed by atoms with Crippen LogP contribution in [-0.4, -0.2) is 46.1 Å². The normalized spacial score (nSPS) is 20.1. The number of aromatic nitrogens is 1. The molecular formula is C29H32N2O4. The molecule has 2 fully saturated rings. The summed E-state index contributed by atoms with van der Waals surface area (Å²) in [6.45, 7) is 2.82. The van der Waals surface area contributed by atoms with Crippen LogP contribution in [0.4, 0.5) is 0 Å². The first-order valence-electron chi connectivity index (χ1n) is 12.6. The van der Waals surface area contributed by atoms with Crippen molar-refractivity contribution >= 4 is 28.9 Å². The van der Waals surface area contributed by atoms with E-state index in [1.165, 1.54) is 36.6 Å². The van der Waals surface area contributed by atoms with Crippen LogP contribution in [0.3, 0.4) is 0 Å². The third-order valence-electron chi connectivity index (χ3n) is 7.45. The number of rotatable bonds is 8. The van der Waals surface area contributed by atoms with Crippen LogP contribution in [0.2, 0.25) is 0 Å². The number of aliphatic carboxylic acids is 1. The summed E-state index contributed by atoms with van der Waals surface area (Å²) in [6.07, 6.45) is 8.45. The first-order valence-corrected chi connectivity index (χ1v) is 12.6. The Hall–Kier alpha value is -3.54. The van der Waals surface area contributed by atoms with Crippen molar-refractivity contribution in [3.8, 4) is 5.75 Å². The van der Waals surface area contributed by atoms with Gasteiger partial charge in [-0.05, 0) is 66.0 Å². The first kappa shape index (κ1) is 23.2. The fourth-order valence-electron chi connectivity index (χ4n) is 5.53. The van der Waals surface area contributed by atoms with Crippen molar-refractivity contribution in [2.24, 2.45) is 11.8 Å². The molecule has 0 radical (unpaired) electrons. The molecule has 1 N–H and O–H groups in total. The Labute approximate surface area is 205 Å². The molecule has 0 unspecified atom stereocenters. The number of hydrogen-bond donors (Lipinski definition) is 1. The molecule has 0 bridgehead atoms. The zero-order valence-corrected chi connectivity index (χ0v) is 19.9. The largest absolute Gasteiger partial charge is 0.492 e. The molecule has 1 aliphatic carbocycles. The van der Waals surface area contributed by atoms with Crippen LogP contribution in [0.5, 0.6) is 5.75 Å². The van der Waals surface area contributed by atoms with E-state index in [0.29, 0.717) is 18.4 Å². The van der Waals surface area contributed by atoms with Gasteiger partial charge in [-0.1, -0.05) is 43.2 Å². The van der Waals surface area contributed by atoms with E-state index in [0.717, 1.165) is 30.9 Å². The highest BCUT2D eigenvalue weighted by Gasteiger charge is 2.36. The molecule has 5 rings (SSSR count). The molecule has 1 aliphatic heterocycles. The number of likely N-dealkylation sites (tertiary alicyclic amines) is 1. The van der Waals surface area contributed by atoms with E-state index < -0.39 is 5.97 Å². The van der Waals surface area contributed by atoms with Crippen LogP contribution in [-0.2, 0) is 16.1 Å². The molecule has 182 valence electrons. The van der Waals surface area contributed by atoms with E-state index in [4.69, 9.17) is 4.74 Å². The van der Waals surface area contributed by atoms with Gasteiger partial charge >= 0.3 is 5.97 Å². The lowest BCUT2D eigenvalue weighted by Gasteiger charge is -2.22. The predicted octanol–water partition coefficient (Wildman–Crippen LogP) is 5.23. The van der Waals surface area contributed by atoms with Gasteiger partial charge in [-0.15, -0.1) is 0 Å². The van der Waals surface area contributed by atoms with E-state index in [1.807, 2.05) is 41.3 Å². The Morgan fingerprint density at radius 3 is 2.40 bits per heavy atom. The molecule has 2 heterocycles. The van der Waals surface area contributed by atoms with E-state index in [-0.39, 0.29) is 17.9 Å². The molecule has 2 aromatic carbocycles. The fourth-order valence-corrected chi connectivity index (χ4v) is 5.53. The third-order valence-corrected chi connectivity index (χ3v) is 7.45. The van der Waals surface area contributed by atoms with Crippen LogP contribution in [0, 0.1) is 11.8 Å². The Balaban J connectivity index is 1.17. The number of carbonyl (C=O) groups is 2. The number of carbonyl (C=O) groups excluding carboxylic acids is 1. The van der Waals surface area contributed by atoms with Gasteiger partial charge in [0, 0.05) is 30.4 Å². The van der Waals surface area contributed by atoms with E-state index >= 15 is 0 Å². The minimum absolute atomic E-state index is 0.0716. The zero-order valence-electron chi connectivity index (χ0n) is 19.9. The van der Waals surface area contributed by atoms with Crippen molar-refractivity contribution in [1.29, 1.82) is 0 Å². The number of nitrogens with zero attached hydrogens (tertiary/aromatic N) is 2. The molecule has 35 heavy (non-hydrogen) atoms. The Morgan fingerprint density at radius 2 is 1.69 bits per heavy atom. The van der Waals surface area contributed by atoms with Crippen molar-refractivity contribution in [1.82, 2.24) is 9.47 Å². The van der Waals surface area contributed by atoms with Crippen molar-refractivity contribution in [2.45, 2.75) is 38.6 Å². The van der Waals surface area contributed by atoms with Gasteiger partial charge in [-0.2, -0.15) is 0 Å². The van der Waals surface area contributed by atoms with Gasteiger partial charge in [0.15, 0.2) is 0 Å². The quantitative estimate of drug-likeness (QED) is 0.456. The highest BCUT2D eigenvalue weighted by Crippen LogP contribution is 2.36. The van der Waals surface area contributed by atoms with Crippen molar-refractivity contribution in [3.63, 3.8) is 0 Å². The van der Waals surface area contributed by atoms with Crippen LogP contribution in [0.15, 0.2) is 66.4 Å². The van der Waals surface area contributed by atoms with Gasteiger partial charge in [0.05, 0.1) is 13.0 Å². The SMILES string of the molecule is O=C(O)/C(=C/c1ccc(OCCn2ccc3ccccc32)cc1)CC(=O)N1C[C@H]2CCCC[C@H]2C1. The standard InChI is InChI=1S/C29H32N2O4/c32-28(31-19-23-6-1-2-7-24(23)20-31)18-25(29(33)34)17-21-9-11-26(12-10-21)35-16-15-30-14-13-22-5-3-4-8-27(22)30/h3-5,8-14,17,23-24H,1-2,6-7,15-16,18-20H2,(H,33,34)/b25-17+/t23-,24+. The maximum Gasteiger partial charge on any atom is 0.332 e. The fraction of sp³-hybridized carbons (Fsp3) is 0.379. The molecule has 6 heteroatoms. The van der Waals surface area contributed by atoms with Crippen molar-refractivity contribution in [2.75, 3.05) is 19.7 Å². The van der Waals surface area contributed by atoms with E-state index in [1.54, 1.807) is 6.08 Å². The molecule has 6 nitrogen and oxygen atoms in total. The van der Waals surface area contributed by atoms with Gasteiger partial charge in [-0.25, -0.2) is 4.79 Å². The number of carboxylic acids is 1. The Bertz CT molecular complexity index is 1210. The molecule has 1 saturated carbocycles. The van der Waals surface area contributed by atoms with Crippen molar-refractivity contribution < 1.29 is 19.4 Å². The summed E-state index contributed by atoms with van der Waals surface area (Å²) in [4.78, 5) is 26.6. The third kappa shape index (κ3) is 5.42. The van der Waals surface area contributed by atoms with Crippen LogP contribution < -0.4 is 4.74 Å². The Morgan fingerprint density at radius 1 is 0.971 bits per heavy atom. The number of benzene rings is 2. The predicted molar refractivity (Wildman–Crippen MR) is 136 cm³/mol. The first-order chi connectivity index (χ1) is 17.1. The molecule has 3 aromatic rings. The highest BCUT2D eigenvalue weighted by molar-refractivity contribution is 5.98. The second kappa shape index (κ2) is 10.4. The Kier molecular flexibility index (Phi) is 6.89. The minimum Gasteiger partial charge on any atom is -0.492 e. The summed E-state index contributed by atoms with van der Waals surface area (Å²) >= 11 is 0. The zero-order chi connectivity index (χ0) is 24.2. The van der Waals surface area contributed by atoms with Gasteiger partial charge in [0.1, 0.15) is 12.4 Å². The van der Waals surface area contributed by atoms with Crippen LogP contribution in [0.25, 0.3) is 17.0 Å². The molecule has 0 spiro atoms. The monoisotopic (exact) mass is 472 g/mol. The average Bonchev–Trinajstić information content (AvgIpc) is 3.49. The van der Waals surface area contributed by atoms with Gasteiger partial charge in [-0.3, -0.25) is 4.79 Å². The molecule has 1 aromatic heterocycles. The van der Waals surface area contributed by atoms with E-state index in [9.17, 15) is 14.7 Å². The highest BCUT2D eigenvalue weighted by atomic mass is 16.5. The number of para-hydroxylation sites is 1. The summed E-state index contributed by atoms with van der Waals surface area (Å²) in [6, 6.07) is 17.7. The number of ether oxygens (including phenoxy) is 1. The van der Waals surface area contributed by atoms with E-state index in [2.05, 4.69) is 29.0 Å². The topological polar surface area (TPSA) is 71.8 Å². The maximum atomic E-state index is 12.8. The lowest BCUT2D eigenvalue weighted by molar-refractivity contribution is -0.136. The van der Waals surface area contributed by atoms with Crippen LogP contribution >= 0.6 is 0 Å². The number of carboxylic acid groups (broad SMARTS) is 1. The summed E-state index contributed by atoms with van der Waals surface area (Å²) in [5.74, 6) is 0.786. The number of fused-ring (bicyclic) bond motifs is 2. The maximum absolute atomic E-state index is 12.8. The summed E-state index contributed by atoms with van der Waals surface area (Å²) in [5.41, 5.74) is 2.05. The molecule has 2 aliphatic rings. The summed E-state index contributed by atoms with van der Waals surface area (Å²) in [5, 5.41) is 10.9. The van der Waals surface area contributed by atoms with Gasteiger partial charge in [0.2, 0.25) is 5.91 Å². The number of hydrogen-bond acceptors (Lipinski definition) is 3.